The van der Waals surface area contributed by atoms with Crippen LogP contribution in [-0.4, -0.2) is 7.05 Å². The minimum absolute atomic E-state index is 0.111. The van der Waals surface area contributed by atoms with Gasteiger partial charge in [-0.3, -0.25) is 0 Å². The lowest BCUT2D eigenvalue weighted by Crippen LogP contribution is -2.28. The van der Waals surface area contributed by atoms with Gasteiger partial charge in [-0.1, -0.05) is 26.8 Å². The summed E-state index contributed by atoms with van der Waals surface area (Å²) in [5.74, 6) is -3.24. The summed E-state index contributed by atoms with van der Waals surface area (Å²) < 4.78 is 39.7. The molecule has 17 heavy (non-hydrogen) atoms. The number of hydrogen-bond acceptors (Lipinski definition) is 1. The second-order valence-electron chi connectivity index (χ2n) is 4.63. The molecule has 0 saturated carbocycles. The van der Waals surface area contributed by atoms with Crippen molar-refractivity contribution in [1.82, 2.24) is 5.32 Å². The van der Waals surface area contributed by atoms with Gasteiger partial charge in [-0.15, -0.1) is 0 Å². The van der Waals surface area contributed by atoms with Crippen LogP contribution in [0, 0.1) is 29.3 Å². The number of benzene rings is 1. The van der Waals surface area contributed by atoms with Crippen LogP contribution in [-0.2, 0) is 0 Å². The van der Waals surface area contributed by atoms with E-state index >= 15 is 0 Å². The van der Waals surface area contributed by atoms with Gasteiger partial charge in [0.2, 0.25) is 0 Å². The van der Waals surface area contributed by atoms with E-state index in [1.807, 2.05) is 20.8 Å². The molecule has 0 radical (unpaired) electrons. The third-order valence-electron chi connectivity index (χ3n) is 3.29. The summed E-state index contributed by atoms with van der Waals surface area (Å²) in [6, 6.07) is 1.93. The van der Waals surface area contributed by atoms with E-state index in [-0.39, 0.29) is 17.5 Å². The first kappa shape index (κ1) is 14.0. The molecule has 0 spiro atoms. The minimum atomic E-state index is -1.40. The van der Waals surface area contributed by atoms with E-state index in [4.69, 9.17) is 0 Å². The second kappa shape index (κ2) is 5.54. The fraction of sp³-hybridized carbons (Fsp3) is 0.538. The predicted octanol–water partition coefficient (Wildman–Crippen LogP) is 3.66. The van der Waals surface area contributed by atoms with Crippen LogP contribution in [0.2, 0.25) is 0 Å². The Bertz CT molecular complexity index is 390. The maximum Gasteiger partial charge on any atom is 0.194 e. The monoisotopic (exact) mass is 245 g/mol. The van der Waals surface area contributed by atoms with Crippen LogP contribution in [0.1, 0.15) is 32.4 Å². The molecule has 0 bridgehead atoms. The molecule has 2 unspecified atom stereocenters. The van der Waals surface area contributed by atoms with Crippen LogP contribution in [0.4, 0.5) is 13.2 Å². The third kappa shape index (κ3) is 2.80. The van der Waals surface area contributed by atoms with Crippen LogP contribution in [0.5, 0.6) is 0 Å². The van der Waals surface area contributed by atoms with Gasteiger partial charge >= 0.3 is 0 Å². The zero-order chi connectivity index (χ0) is 13.2. The summed E-state index contributed by atoms with van der Waals surface area (Å²) in [6.45, 7) is 5.96. The highest BCUT2D eigenvalue weighted by molar-refractivity contribution is 5.24. The zero-order valence-corrected chi connectivity index (χ0v) is 10.5. The molecule has 1 aromatic rings. The summed E-state index contributed by atoms with van der Waals surface area (Å²) in [7, 11) is 1.68. The van der Waals surface area contributed by atoms with Crippen LogP contribution in [0.25, 0.3) is 0 Å². The average Bonchev–Trinajstić information content (AvgIpc) is 2.29. The molecule has 1 aromatic carbocycles. The van der Waals surface area contributed by atoms with Crippen LogP contribution in [0.3, 0.4) is 0 Å². The molecule has 1 rings (SSSR count). The van der Waals surface area contributed by atoms with Gasteiger partial charge in [-0.25, -0.2) is 13.2 Å². The van der Waals surface area contributed by atoms with Crippen molar-refractivity contribution in [2.24, 2.45) is 11.8 Å². The quantitative estimate of drug-likeness (QED) is 0.798. The van der Waals surface area contributed by atoms with Gasteiger partial charge in [0.05, 0.1) is 0 Å². The van der Waals surface area contributed by atoms with Crippen molar-refractivity contribution in [2.45, 2.75) is 26.8 Å². The highest BCUT2D eigenvalue weighted by Gasteiger charge is 2.25. The largest absolute Gasteiger partial charge is 0.313 e. The second-order valence-corrected chi connectivity index (χ2v) is 4.63. The van der Waals surface area contributed by atoms with Gasteiger partial charge in [-0.2, -0.15) is 0 Å². The van der Waals surface area contributed by atoms with E-state index in [1.165, 1.54) is 6.07 Å². The van der Waals surface area contributed by atoms with Gasteiger partial charge < -0.3 is 5.32 Å². The summed E-state index contributed by atoms with van der Waals surface area (Å²) in [5.41, 5.74) is 0.174. The topological polar surface area (TPSA) is 12.0 Å². The molecule has 0 aliphatic rings. The molecule has 1 nitrogen and oxygen atoms in total. The summed E-state index contributed by atoms with van der Waals surface area (Å²) in [4.78, 5) is 0. The number of rotatable bonds is 4. The Morgan fingerprint density at radius 3 is 2.06 bits per heavy atom. The molecule has 0 heterocycles. The lowest BCUT2D eigenvalue weighted by Gasteiger charge is -2.27. The Labute approximate surface area is 100 Å². The van der Waals surface area contributed by atoms with Crippen molar-refractivity contribution < 1.29 is 13.2 Å². The van der Waals surface area contributed by atoms with E-state index in [0.29, 0.717) is 5.92 Å². The maximum absolute atomic E-state index is 13.7. The van der Waals surface area contributed by atoms with Gasteiger partial charge in [0, 0.05) is 11.6 Å². The van der Waals surface area contributed by atoms with Gasteiger partial charge in [0.25, 0.3) is 0 Å². The van der Waals surface area contributed by atoms with Gasteiger partial charge in [-0.05, 0) is 24.9 Å². The molecule has 1 N–H and O–H groups in total. The lowest BCUT2D eigenvalue weighted by molar-refractivity contribution is 0.305. The molecule has 96 valence electrons. The molecule has 0 fully saturated rings. The summed E-state index contributed by atoms with van der Waals surface area (Å²) in [5, 5.41) is 2.96. The molecule has 0 aliphatic carbocycles. The van der Waals surface area contributed by atoms with E-state index < -0.39 is 17.5 Å². The molecule has 0 aromatic heterocycles. The molecular weight excluding hydrogens is 227 g/mol. The van der Waals surface area contributed by atoms with Crippen LogP contribution < -0.4 is 5.32 Å². The first-order valence-corrected chi connectivity index (χ1v) is 5.70. The van der Waals surface area contributed by atoms with Crippen molar-refractivity contribution >= 4 is 0 Å². The van der Waals surface area contributed by atoms with Crippen molar-refractivity contribution in [2.75, 3.05) is 7.05 Å². The van der Waals surface area contributed by atoms with Crippen molar-refractivity contribution in [3.63, 3.8) is 0 Å². The lowest BCUT2D eigenvalue weighted by atomic mass is 9.86. The molecule has 0 aliphatic heterocycles. The smallest absolute Gasteiger partial charge is 0.194 e. The molecule has 2 atom stereocenters. The Balaban J connectivity index is 3.17. The minimum Gasteiger partial charge on any atom is -0.313 e. The Morgan fingerprint density at radius 2 is 1.59 bits per heavy atom. The first-order valence-electron chi connectivity index (χ1n) is 5.70. The van der Waals surface area contributed by atoms with Gasteiger partial charge in [0.1, 0.15) is 0 Å². The van der Waals surface area contributed by atoms with E-state index in [9.17, 15) is 13.2 Å². The van der Waals surface area contributed by atoms with Crippen molar-refractivity contribution in [3.8, 4) is 0 Å². The molecule has 0 saturated heterocycles. The van der Waals surface area contributed by atoms with Crippen LogP contribution in [0.15, 0.2) is 12.1 Å². The SMILES string of the molecule is CNC(c1ccc(F)c(F)c1F)C(C)C(C)C. The zero-order valence-electron chi connectivity index (χ0n) is 10.5. The number of hydrogen-bond donors (Lipinski definition) is 1. The third-order valence-corrected chi connectivity index (χ3v) is 3.29. The number of halogens is 3. The predicted molar refractivity (Wildman–Crippen MR) is 62.1 cm³/mol. The Kier molecular flexibility index (Phi) is 4.57. The maximum atomic E-state index is 13.7. The molecular formula is C13H18F3N. The van der Waals surface area contributed by atoms with E-state index in [2.05, 4.69) is 5.32 Å². The molecule has 0 amide bonds. The van der Waals surface area contributed by atoms with Crippen molar-refractivity contribution in [3.05, 3.63) is 35.1 Å². The summed E-state index contributed by atoms with van der Waals surface area (Å²) >= 11 is 0. The number of nitrogens with one attached hydrogen (secondary N) is 1. The van der Waals surface area contributed by atoms with E-state index in [1.54, 1.807) is 7.05 Å². The normalized spacial score (nSPS) is 15.1. The van der Waals surface area contributed by atoms with E-state index in [0.717, 1.165) is 6.07 Å². The molecule has 4 heteroatoms. The summed E-state index contributed by atoms with van der Waals surface area (Å²) in [6.07, 6.45) is 0. The highest BCUT2D eigenvalue weighted by atomic mass is 19.2. The standard InChI is InChI=1S/C13H18F3N/c1-7(2)8(3)13(17-4)9-5-6-10(14)12(16)11(9)15/h5-8,13,17H,1-4H3. The Morgan fingerprint density at radius 1 is 1.00 bits per heavy atom. The van der Waals surface area contributed by atoms with Crippen LogP contribution >= 0.6 is 0 Å². The average molecular weight is 245 g/mol. The fourth-order valence-corrected chi connectivity index (χ4v) is 1.87. The van der Waals surface area contributed by atoms with Crippen molar-refractivity contribution in [1.29, 1.82) is 0 Å². The Hall–Kier alpha value is -1.03. The first-order chi connectivity index (χ1) is 7.90. The van der Waals surface area contributed by atoms with Gasteiger partial charge in [0.15, 0.2) is 17.5 Å². The highest BCUT2D eigenvalue weighted by Crippen LogP contribution is 2.30. The fourth-order valence-electron chi connectivity index (χ4n) is 1.87.